The molecule has 2 rings (SSSR count). The van der Waals surface area contributed by atoms with Crippen LogP contribution < -0.4 is 0 Å². The highest BCUT2D eigenvalue weighted by Crippen LogP contribution is 2.53. The van der Waals surface area contributed by atoms with Crippen LogP contribution in [0.15, 0.2) is 0 Å². The molecule has 0 saturated carbocycles. The van der Waals surface area contributed by atoms with Gasteiger partial charge < -0.3 is 9.47 Å². The van der Waals surface area contributed by atoms with Crippen molar-refractivity contribution in [3.63, 3.8) is 0 Å². The smallest absolute Gasteiger partial charge is 0.0890 e. The summed E-state index contributed by atoms with van der Waals surface area (Å²) < 4.78 is 12.8. The minimum absolute atomic E-state index is 0.0789. The van der Waals surface area contributed by atoms with Gasteiger partial charge in [-0.3, -0.25) is 0 Å². The Hall–Kier alpha value is -0.0800. The van der Waals surface area contributed by atoms with Gasteiger partial charge in [0.1, 0.15) is 0 Å². The van der Waals surface area contributed by atoms with E-state index in [1.54, 1.807) is 0 Å². The molecule has 0 amide bonds. The van der Waals surface area contributed by atoms with Gasteiger partial charge in [-0.05, 0) is 38.0 Å². The minimum atomic E-state index is 0.0789. The lowest BCUT2D eigenvalue weighted by Crippen LogP contribution is -2.52. The second-order valence-electron chi connectivity index (χ2n) is 7.52. The van der Waals surface area contributed by atoms with E-state index in [2.05, 4.69) is 41.5 Å². The van der Waals surface area contributed by atoms with Gasteiger partial charge in [-0.15, -0.1) is 0 Å². The van der Waals surface area contributed by atoms with E-state index in [4.69, 9.17) is 9.47 Å². The van der Waals surface area contributed by atoms with Crippen LogP contribution in [-0.4, -0.2) is 24.4 Å². The Bertz CT molecular complexity index is 296. The Morgan fingerprint density at radius 2 is 1.84 bits per heavy atom. The predicted octanol–water partition coefficient (Wildman–Crippen LogP) is 4.28. The van der Waals surface area contributed by atoms with Crippen LogP contribution in [0.1, 0.15) is 60.8 Å². The van der Waals surface area contributed by atoms with Crippen LogP contribution in [0.4, 0.5) is 0 Å². The van der Waals surface area contributed by atoms with E-state index < -0.39 is 0 Å². The molecule has 5 atom stereocenters. The molecule has 2 heterocycles. The minimum Gasteiger partial charge on any atom is -0.375 e. The molecule has 2 saturated heterocycles. The molecule has 2 bridgehead atoms. The zero-order valence-electron chi connectivity index (χ0n) is 13.6. The van der Waals surface area contributed by atoms with Crippen molar-refractivity contribution < 1.29 is 9.47 Å². The molecule has 0 N–H and O–H groups in total. The maximum Gasteiger partial charge on any atom is 0.0890 e. The van der Waals surface area contributed by atoms with Crippen LogP contribution in [0.25, 0.3) is 0 Å². The number of rotatable bonds is 5. The summed E-state index contributed by atoms with van der Waals surface area (Å²) in [4.78, 5) is 0. The highest BCUT2D eigenvalue weighted by molar-refractivity contribution is 5.07. The molecule has 0 radical (unpaired) electrons. The van der Waals surface area contributed by atoms with Crippen LogP contribution in [-0.2, 0) is 9.47 Å². The van der Waals surface area contributed by atoms with Crippen molar-refractivity contribution in [2.24, 2.45) is 23.7 Å². The number of ether oxygens (including phenoxy) is 2. The third kappa shape index (κ3) is 2.71. The first kappa shape index (κ1) is 15.3. The highest BCUT2D eigenvalue weighted by Gasteiger charge is 2.60. The second-order valence-corrected chi connectivity index (χ2v) is 7.52. The summed E-state index contributed by atoms with van der Waals surface area (Å²) in [5.41, 5.74) is 0.0789. The normalized spacial score (nSPS) is 42.3. The molecule has 0 aromatic carbocycles. The quantitative estimate of drug-likeness (QED) is 0.741. The summed E-state index contributed by atoms with van der Waals surface area (Å²) in [5, 5.41) is 0. The molecule has 0 aromatic heterocycles. The van der Waals surface area contributed by atoms with Crippen molar-refractivity contribution >= 4 is 0 Å². The fourth-order valence-corrected chi connectivity index (χ4v) is 4.43. The van der Waals surface area contributed by atoms with Crippen molar-refractivity contribution in [2.75, 3.05) is 6.61 Å². The van der Waals surface area contributed by atoms with Gasteiger partial charge >= 0.3 is 0 Å². The molecule has 19 heavy (non-hydrogen) atoms. The van der Waals surface area contributed by atoms with Gasteiger partial charge in [0.2, 0.25) is 0 Å². The molecule has 2 heteroatoms. The molecular formula is C17H32O2. The summed E-state index contributed by atoms with van der Waals surface area (Å²) in [6, 6.07) is 0. The molecule has 2 aliphatic heterocycles. The maximum atomic E-state index is 6.58. The van der Waals surface area contributed by atoms with E-state index in [1.165, 1.54) is 19.3 Å². The number of hydrogen-bond donors (Lipinski definition) is 0. The fourth-order valence-electron chi connectivity index (χ4n) is 4.43. The van der Waals surface area contributed by atoms with E-state index in [-0.39, 0.29) is 11.7 Å². The molecule has 0 aliphatic carbocycles. The Morgan fingerprint density at radius 1 is 1.16 bits per heavy atom. The Balaban J connectivity index is 2.31. The van der Waals surface area contributed by atoms with Crippen LogP contribution in [0.5, 0.6) is 0 Å². The molecule has 0 spiro atoms. The van der Waals surface area contributed by atoms with Gasteiger partial charge in [-0.25, -0.2) is 0 Å². The van der Waals surface area contributed by atoms with Crippen LogP contribution in [0.3, 0.4) is 0 Å². The molecule has 2 aliphatic rings. The summed E-state index contributed by atoms with van der Waals surface area (Å²) in [7, 11) is 0. The lowest BCUT2D eigenvalue weighted by molar-refractivity contribution is -0.138. The topological polar surface area (TPSA) is 18.5 Å². The van der Waals surface area contributed by atoms with Crippen molar-refractivity contribution in [3.8, 4) is 0 Å². The lowest BCUT2D eigenvalue weighted by atomic mass is 9.67. The molecular weight excluding hydrogens is 236 g/mol. The zero-order valence-corrected chi connectivity index (χ0v) is 13.6. The first-order valence-corrected chi connectivity index (χ1v) is 8.20. The number of fused-ring (bicyclic) bond motifs is 2. The van der Waals surface area contributed by atoms with E-state index in [1.807, 2.05) is 0 Å². The lowest BCUT2D eigenvalue weighted by Gasteiger charge is -2.46. The average Bonchev–Trinajstić information content (AvgIpc) is 2.46. The Morgan fingerprint density at radius 3 is 2.37 bits per heavy atom. The maximum absolute atomic E-state index is 6.58. The Kier molecular flexibility index (Phi) is 4.62. The van der Waals surface area contributed by atoms with E-state index in [9.17, 15) is 0 Å². The first-order chi connectivity index (χ1) is 8.90. The summed E-state index contributed by atoms with van der Waals surface area (Å²) >= 11 is 0. The van der Waals surface area contributed by atoms with Crippen LogP contribution in [0.2, 0.25) is 0 Å². The van der Waals surface area contributed by atoms with Gasteiger partial charge in [0.25, 0.3) is 0 Å². The van der Waals surface area contributed by atoms with Crippen LogP contribution in [0, 0.1) is 23.7 Å². The van der Waals surface area contributed by atoms with E-state index >= 15 is 0 Å². The van der Waals surface area contributed by atoms with Gasteiger partial charge in [0, 0.05) is 11.8 Å². The molecule has 2 fully saturated rings. The molecule has 0 aromatic rings. The van der Waals surface area contributed by atoms with Crippen molar-refractivity contribution in [2.45, 2.75) is 78.6 Å². The largest absolute Gasteiger partial charge is 0.375 e. The summed E-state index contributed by atoms with van der Waals surface area (Å²) in [5.74, 6) is 2.56. The second kappa shape index (κ2) is 5.73. The third-order valence-corrected chi connectivity index (χ3v) is 5.02. The third-order valence-electron chi connectivity index (χ3n) is 5.02. The molecule has 112 valence electrons. The standard InChI is InChI=1S/C17H32O2/c1-7-14-10-18-16-13(6)19-17(14,9-12(4)5)15(16)8-11(2)3/h11-16H,7-10H2,1-6H3. The predicted molar refractivity (Wildman–Crippen MR) is 79.2 cm³/mol. The van der Waals surface area contributed by atoms with Gasteiger partial charge in [0.05, 0.1) is 24.4 Å². The molecule has 5 unspecified atom stereocenters. The first-order valence-electron chi connectivity index (χ1n) is 8.20. The van der Waals surface area contributed by atoms with Gasteiger partial charge in [-0.1, -0.05) is 34.6 Å². The van der Waals surface area contributed by atoms with Gasteiger partial charge in [0.15, 0.2) is 0 Å². The van der Waals surface area contributed by atoms with Crippen LogP contribution >= 0.6 is 0 Å². The molecule has 2 nitrogen and oxygen atoms in total. The monoisotopic (exact) mass is 268 g/mol. The average molecular weight is 268 g/mol. The summed E-state index contributed by atoms with van der Waals surface area (Å²) in [6.45, 7) is 14.7. The summed E-state index contributed by atoms with van der Waals surface area (Å²) in [6.07, 6.45) is 4.18. The van der Waals surface area contributed by atoms with Crippen molar-refractivity contribution in [1.82, 2.24) is 0 Å². The van der Waals surface area contributed by atoms with E-state index in [0.717, 1.165) is 6.61 Å². The fraction of sp³-hybridized carbons (Fsp3) is 1.00. The number of hydrogen-bond acceptors (Lipinski definition) is 2. The highest BCUT2D eigenvalue weighted by atomic mass is 16.6. The van der Waals surface area contributed by atoms with Crippen molar-refractivity contribution in [1.29, 1.82) is 0 Å². The zero-order chi connectivity index (χ0) is 14.2. The van der Waals surface area contributed by atoms with E-state index in [0.29, 0.717) is 29.8 Å². The Labute approximate surface area is 119 Å². The van der Waals surface area contributed by atoms with Gasteiger partial charge in [-0.2, -0.15) is 0 Å². The van der Waals surface area contributed by atoms with Crippen molar-refractivity contribution in [3.05, 3.63) is 0 Å². The SMILES string of the molecule is CCC1COC2C(C)OC1(CC(C)C)C2CC(C)C.